The van der Waals surface area contributed by atoms with Crippen LogP contribution in [0.5, 0.6) is 0 Å². The van der Waals surface area contributed by atoms with Crippen LogP contribution < -0.4 is 0 Å². The Morgan fingerprint density at radius 3 is 2.64 bits per heavy atom. The number of hydrogen-bond acceptors (Lipinski definition) is 4. The summed E-state index contributed by atoms with van der Waals surface area (Å²) in [5.41, 5.74) is 5.23. The van der Waals surface area contributed by atoms with E-state index < -0.39 is 0 Å². The van der Waals surface area contributed by atoms with Crippen molar-refractivity contribution < 1.29 is 0 Å². The molecule has 2 aromatic rings. The Morgan fingerprint density at radius 1 is 1.16 bits per heavy atom. The minimum absolute atomic E-state index is 0.507. The maximum atomic E-state index is 4.46. The summed E-state index contributed by atoms with van der Waals surface area (Å²) in [6, 6.07) is 11.2. The summed E-state index contributed by atoms with van der Waals surface area (Å²) < 4.78 is 0. The summed E-state index contributed by atoms with van der Waals surface area (Å²) in [5.74, 6) is 0.694. The van der Waals surface area contributed by atoms with Crippen LogP contribution in [-0.4, -0.2) is 47.5 Å². The topological polar surface area (TPSA) is 19.4 Å². The lowest BCUT2D eigenvalue weighted by atomic mass is 9.68. The number of benzene rings is 1. The molecule has 4 heteroatoms. The zero-order valence-corrected chi connectivity index (χ0v) is 16.0. The third kappa shape index (κ3) is 3.97. The molecule has 25 heavy (non-hydrogen) atoms. The van der Waals surface area contributed by atoms with Gasteiger partial charge in [0.05, 0.1) is 11.2 Å². The Bertz CT molecular complexity index is 647. The van der Waals surface area contributed by atoms with Gasteiger partial charge in [-0.25, -0.2) is 4.98 Å². The molecule has 134 valence electrons. The van der Waals surface area contributed by atoms with E-state index in [1.807, 2.05) is 5.51 Å². The standard InChI is InChI=1S/C21H29N3S/c1-2-23-13-19(18-6-4-3-5-7-18)12-21(16-23)8-10-24(11-9-21)14-20-15-25-17-22-20/h3-7,15,17,19H,2,8-14,16H2,1H3. The van der Waals surface area contributed by atoms with Crippen LogP contribution in [-0.2, 0) is 6.54 Å². The molecule has 3 nitrogen and oxygen atoms in total. The highest BCUT2D eigenvalue weighted by molar-refractivity contribution is 7.07. The summed E-state index contributed by atoms with van der Waals surface area (Å²) in [4.78, 5) is 9.75. The van der Waals surface area contributed by atoms with E-state index in [2.05, 4.69) is 57.4 Å². The fourth-order valence-electron chi connectivity index (χ4n) is 4.78. The zero-order chi connectivity index (χ0) is 17.1. The Kier molecular flexibility index (Phi) is 5.20. The van der Waals surface area contributed by atoms with E-state index in [0.717, 1.165) is 6.54 Å². The van der Waals surface area contributed by atoms with E-state index in [9.17, 15) is 0 Å². The van der Waals surface area contributed by atoms with Gasteiger partial charge < -0.3 is 4.90 Å². The van der Waals surface area contributed by atoms with Gasteiger partial charge in [0, 0.05) is 25.0 Å². The molecule has 0 bridgehead atoms. The van der Waals surface area contributed by atoms with Crippen LogP contribution in [0, 0.1) is 5.41 Å². The van der Waals surface area contributed by atoms with Crippen LogP contribution in [0.3, 0.4) is 0 Å². The largest absolute Gasteiger partial charge is 0.302 e. The molecule has 3 heterocycles. The van der Waals surface area contributed by atoms with Gasteiger partial charge in [-0.15, -0.1) is 11.3 Å². The van der Waals surface area contributed by atoms with Crippen molar-refractivity contribution in [1.29, 1.82) is 0 Å². The van der Waals surface area contributed by atoms with Crippen LogP contribution >= 0.6 is 11.3 Å². The molecule has 1 aromatic heterocycles. The number of nitrogens with zero attached hydrogens (tertiary/aromatic N) is 3. The molecule has 2 aliphatic rings. The minimum atomic E-state index is 0.507. The average molecular weight is 356 g/mol. The molecule has 1 atom stereocenters. The minimum Gasteiger partial charge on any atom is -0.302 e. The van der Waals surface area contributed by atoms with Crippen molar-refractivity contribution in [2.24, 2.45) is 5.41 Å². The normalized spacial score (nSPS) is 24.6. The van der Waals surface area contributed by atoms with E-state index in [-0.39, 0.29) is 0 Å². The molecule has 1 unspecified atom stereocenters. The molecule has 1 aromatic carbocycles. The van der Waals surface area contributed by atoms with E-state index >= 15 is 0 Å². The highest BCUT2D eigenvalue weighted by Crippen LogP contribution is 2.45. The van der Waals surface area contributed by atoms with Crippen LogP contribution in [0.1, 0.15) is 43.4 Å². The van der Waals surface area contributed by atoms with Crippen molar-refractivity contribution in [3.05, 3.63) is 52.5 Å². The first-order chi connectivity index (χ1) is 12.3. The highest BCUT2D eigenvalue weighted by atomic mass is 32.1. The van der Waals surface area contributed by atoms with Gasteiger partial charge in [0.25, 0.3) is 0 Å². The number of likely N-dealkylation sites (tertiary alicyclic amines) is 2. The SMILES string of the molecule is CCN1CC(c2ccccc2)CC2(CCN(Cc3cscn3)CC2)C1. The lowest BCUT2D eigenvalue weighted by molar-refractivity contribution is 0.0135. The number of likely N-dealkylation sites (N-methyl/N-ethyl adjacent to an activating group) is 1. The van der Waals surface area contributed by atoms with Crippen LogP contribution in [0.2, 0.25) is 0 Å². The number of hydrogen-bond donors (Lipinski definition) is 0. The summed E-state index contributed by atoms with van der Waals surface area (Å²) in [5, 5.41) is 2.19. The van der Waals surface area contributed by atoms with Gasteiger partial charge in [-0.1, -0.05) is 37.3 Å². The number of piperidine rings is 2. The Morgan fingerprint density at radius 2 is 1.96 bits per heavy atom. The van der Waals surface area contributed by atoms with Crippen molar-refractivity contribution in [3.8, 4) is 0 Å². The third-order valence-electron chi connectivity index (χ3n) is 6.22. The second-order valence-corrected chi connectivity index (χ2v) is 8.61. The summed E-state index contributed by atoms with van der Waals surface area (Å²) >= 11 is 1.71. The maximum absolute atomic E-state index is 4.46. The van der Waals surface area contributed by atoms with Gasteiger partial charge in [0.15, 0.2) is 0 Å². The van der Waals surface area contributed by atoms with E-state index in [1.165, 1.54) is 63.2 Å². The third-order valence-corrected chi connectivity index (χ3v) is 6.86. The molecule has 0 aliphatic carbocycles. The van der Waals surface area contributed by atoms with Crippen LogP contribution in [0.25, 0.3) is 0 Å². The van der Waals surface area contributed by atoms with E-state index in [0.29, 0.717) is 11.3 Å². The quantitative estimate of drug-likeness (QED) is 0.818. The first-order valence-corrected chi connectivity index (χ1v) is 10.6. The Hall–Kier alpha value is -1.23. The summed E-state index contributed by atoms with van der Waals surface area (Å²) in [6.45, 7) is 9.47. The van der Waals surface area contributed by atoms with Crippen LogP contribution in [0.15, 0.2) is 41.2 Å². The van der Waals surface area contributed by atoms with Crippen molar-refractivity contribution >= 4 is 11.3 Å². The van der Waals surface area contributed by atoms with Crippen molar-refractivity contribution in [3.63, 3.8) is 0 Å². The molecular formula is C21H29N3S. The lowest BCUT2D eigenvalue weighted by Gasteiger charge is -2.50. The number of rotatable bonds is 4. The Balaban J connectivity index is 1.43. The van der Waals surface area contributed by atoms with Gasteiger partial charge in [0.2, 0.25) is 0 Å². The molecule has 2 fully saturated rings. The molecule has 0 amide bonds. The fourth-order valence-corrected chi connectivity index (χ4v) is 5.33. The van der Waals surface area contributed by atoms with Crippen molar-refractivity contribution in [1.82, 2.24) is 14.8 Å². The zero-order valence-electron chi connectivity index (χ0n) is 15.2. The van der Waals surface area contributed by atoms with Gasteiger partial charge in [-0.05, 0) is 55.8 Å². The molecule has 0 N–H and O–H groups in total. The molecular weight excluding hydrogens is 326 g/mol. The predicted octanol–water partition coefficient (Wildman–Crippen LogP) is 4.23. The Labute approximate surface area is 155 Å². The molecule has 0 radical (unpaired) electrons. The first kappa shape index (κ1) is 17.2. The first-order valence-electron chi connectivity index (χ1n) is 9.63. The molecule has 2 aliphatic heterocycles. The predicted molar refractivity (Wildman–Crippen MR) is 105 cm³/mol. The van der Waals surface area contributed by atoms with Crippen molar-refractivity contribution in [2.75, 3.05) is 32.7 Å². The lowest BCUT2D eigenvalue weighted by Crippen LogP contribution is -2.51. The van der Waals surface area contributed by atoms with Gasteiger partial charge in [-0.2, -0.15) is 0 Å². The monoisotopic (exact) mass is 355 g/mol. The van der Waals surface area contributed by atoms with Gasteiger partial charge in [0.1, 0.15) is 0 Å². The smallest absolute Gasteiger partial charge is 0.0795 e. The van der Waals surface area contributed by atoms with Gasteiger partial charge in [-0.3, -0.25) is 4.90 Å². The number of aromatic nitrogens is 1. The van der Waals surface area contributed by atoms with Crippen molar-refractivity contribution in [2.45, 2.75) is 38.6 Å². The van der Waals surface area contributed by atoms with E-state index in [1.54, 1.807) is 11.3 Å². The highest BCUT2D eigenvalue weighted by Gasteiger charge is 2.41. The molecule has 2 saturated heterocycles. The fraction of sp³-hybridized carbons (Fsp3) is 0.571. The molecule has 4 rings (SSSR count). The summed E-state index contributed by atoms with van der Waals surface area (Å²) in [6.07, 6.45) is 4.02. The number of thiazole rings is 1. The second kappa shape index (κ2) is 7.56. The molecule has 1 spiro atoms. The molecule has 0 saturated carbocycles. The summed E-state index contributed by atoms with van der Waals surface area (Å²) in [7, 11) is 0. The maximum Gasteiger partial charge on any atom is 0.0795 e. The van der Waals surface area contributed by atoms with Gasteiger partial charge >= 0.3 is 0 Å². The van der Waals surface area contributed by atoms with E-state index in [4.69, 9.17) is 0 Å². The second-order valence-electron chi connectivity index (χ2n) is 7.90. The average Bonchev–Trinajstić information content (AvgIpc) is 3.17. The van der Waals surface area contributed by atoms with Crippen LogP contribution in [0.4, 0.5) is 0 Å².